The van der Waals surface area contributed by atoms with Gasteiger partial charge in [-0.3, -0.25) is 15.1 Å². The maximum absolute atomic E-state index is 11.9. The van der Waals surface area contributed by atoms with E-state index in [1.165, 1.54) is 13.3 Å². The molecule has 1 aromatic heterocycles. The average molecular weight is 328 g/mol. The van der Waals surface area contributed by atoms with Gasteiger partial charge in [-0.1, -0.05) is 0 Å². The Morgan fingerprint density at radius 2 is 1.96 bits per heavy atom. The quantitative estimate of drug-likeness (QED) is 0.861. The van der Waals surface area contributed by atoms with Crippen LogP contribution in [0.2, 0.25) is 0 Å². The molecule has 1 amide bonds. The number of anilines is 1. The first-order valence-corrected chi connectivity index (χ1v) is 7.41. The van der Waals surface area contributed by atoms with Crippen molar-refractivity contribution in [1.29, 1.82) is 0 Å². The number of carbonyl (C=O) groups is 2. The molecule has 0 unspecified atom stereocenters. The van der Waals surface area contributed by atoms with Crippen LogP contribution in [0.15, 0.2) is 36.7 Å². The number of hydrogen-bond donors (Lipinski definition) is 1. The van der Waals surface area contributed by atoms with Crippen molar-refractivity contribution in [1.82, 2.24) is 4.98 Å². The van der Waals surface area contributed by atoms with E-state index >= 15 is 0 Å². The molecule has 0 spiro atoms. The minimum absolute atomic E-state index is 0.462. The second-order valence-electron chi connectivity index (χ2n) is 6.12. The average Bonchev–Trinajstić information content (AvgIpc) is 2.52. The van der Waals surface area contributed by atoms with Crippen LogP contribution in [0.5, 0.6) is 5.75 Å². The minimum Gasteiger partial charge on any atom is -0.496 e. The van der Waals surface area contributed by atoms with Gasteiger partial charge < -0.3 is 9.47 Å². The van der Waals surface area contributed by atoms with Gasteiger partial charge in [0.1, 0.15) is 11.4 Å². The molecule has 1 N–H and O–H groups in total. The van der Waals surface area contributed by atoms with Crippen molar-refractivity contribution in [3.05, 3.63) is 42.2 Å². The van der Waals surface area contributed by atoms with Gasteiger partial charge in [-0.05, 0) is 44.5 Å². The van der Waals surface area contributed by atoms with E-state index in [9.17, 15) is 9.59 Å². The molecule has 24 heavy (non-hydrogen) atoms. The van der Waals surface area contributed by atoms with Crippen molar-refractivity contribution in [2.75, 3.05) is 12.4 Å². The van der Waals surface area contributed by atoms with E-state index in [0.29, 0.717) is 22.6 Å². The molecular formula is C18H20N2O4. The molecule has 2 aromatic rings. The summed E-state index contributed by atoms with van der Waals surface area (Å²) in [5.74, 6) is 0.526. The summed E-state index contributed by atoms with van der Waals surface area (Å²) in [6, 6.07) is 6.90. The van der Waals surface area contributed by atoms with E-state index in [1.807, 2.05) is 0 Å². The molecule has 126 valence electrons. The number of aromatic nitrogens is 1. The number of pyridine rings is 1. The predicted octanol–water partition coefficient (Wildman–Crippen LogP) is 3.92. The lowest BCUT2D eigenvalue weighted by molar-refractivity contribution is 0.0636. The zero-order valence-corrected chi connectivity index (χ0v) is 14.1. The molecule has 0 aliphatic heterocycles. The molecule has 0 saturated heterocycles. The molecule has 0 atom stereocenters. The van der Waals surface area contributed by atoms with E-state index in [2.05, 4.69) is 10.3 Å². The summed E-state index contributed by atoms with van der Waals surface area (Å²) in [5, 5.41) is 2.66. The third-order valence-electron chi connectivity index (χ3n) is 3.12. The van der Waals surface area contributed by atoms with Crippen LogP contribution in [-0.2, 0) is 4.74 Å². The summed E-state index contributed by atoms with van der Waals surface area (Å²) in [6.45, 7) is 5.38. The molecule has 6 nitrogen and oxygen atoms in total. The molecule has 2 rings (SSSR count). The summed E-state index contributed by atoms with van der Waals surface area (Å²) in [4.78, 5) is 27.0. The number of nitrogens with one attached hydrogen (secondary N) is 1. The fraction of sp³-hybridized carbons (Fsp3) is 0.278. The number of aldehydes is 1. The van der Waals surface area contributed by atoms with Crippen LogP contribution in [0.1, 0.15) is 31.1 Å². The van der Waals surface area contributed by atoms with E-state index in [4.69, 9.17) is 9.47 Å². The molecule has 0 aliphatic carbocycles. The first-order valence-electron chi connectivity index (χ1n) is 7.41. The van der Waals surface area contributed by atoms with Gasteiger partial charge in [-0.15, -0.1) is 0 Å². The van der Waals surface area contributed by atoms with Gasteiger partial charge in [-0.25, -0.2) is 4.79 Å². The van der Waals surface area contributed by atoms with Gasteiger partial charge >= 0.3 is 6.09 Å². The van der Waals surface area contributed by atoms with E-state index < -0.39 is 11.7 Å². The fourth-order valence-electron chi connectivity index (χ4n) is 2.16. The molecular weight excluding hydrogens is 308 g/mol. The third-order valence-corrected chi connectivity index (χ3v) is 3.12. The largest absolute Gasteiger partial charge is 0.496 e. The van der Waals surface area contributed by atoms with E-state index in [0.717, 1.165) is 11.8 Å². The highest BCUT2D eigenvalue weighted by Crippen LogP contribution is 2.33. The highest BCUT2D eigenvalue weighted by molar-refractivity contribution is 5.91. The highest BCUT2D eigenvalue weighted by atomic mass is 16.6. The summed E-state index contributed by atoms with van der Waals surface area (Å²) in [5.41, 5.74) is 1.86. The Morgan fingerprint density at radius 3 is 2.58 bits per heavy atom. The molecule has 0 fully saturated rings. The Hall–Kier alpha value is -2.89. The van der Waals surface area contributed by atoms with Gasteiger partial charge in [0.2, 0.25) is 0 Å². The van der Waals surface area contributed by atoms with Crippen LogP contribution in [0, 0.1) is 0 Å². The SMILES string of the molecule is COc1cc(NC(=O)OC(C)(C)C)ccc1-c1ccncc1C=O. The summed E-state index contributed by atoms with van der Waals surface area (Å²) in [7, 11) is 1.53. The lowest BCUT2D eigenvalue weighted by Gasteiger charge is -2.20. The number of benzene rings is 1. The zero-order chi connectivity index (χ0) is 17.7. The van der Waals surface area contributed by atoms with E-state index in [-0.39, 0.29) is 0 Å². The number of ether oxygens (including phenoxy) is 2. The zero-order valence-electron chi connectivity index (χ0n) is 14.1. The first kappa shape index (κ1) is 17.5. The number of carbonyl (C=O) groups excluding carboxylic acids is 2. The van der Waals surface area contributed by atoms with Crippen LogP contribution in [0.25, 0.3) is 11.1 Å². The van der Waals surface area contributed by atoms with Gasteiger partial charge in [0.25, 0.3) is 0 Å². The third kappa shape index (κ3) is 4.32. The summed E-state index contributed by atoms with van der Waals surface area (Å²) in [6.07, 6.45) is 3.30. The summed E-state index contributed by atoms with van der Waals surface area (Å²) < 4.78 is 10.6. The molecule has 1 aromatic carbocycles. The predicted molar refractivity (Wildman–Crippen MR) is 91.5 cm³/mol. The molecule has 0 aliphatic rings. The normalized spacial score (nSPS) is 10.8. The number of rotatable bonds is 4. The number of nitrogens with zero attached hydrogens (tertiary/aromatic N) is 1. The lowest BCUT2D eigenvalue weighted by Crippen LogP contribution is -2.27. The Morgan fingerprint density at radius 1 is 1.21 bits per heavy atom. The first-order chi connectivity index (χ1) is 11.3. The smallest absolute Gasteiger partial charge is 0.412 e. The van der Waals surface area contributed by atoms with Crippen LogP contribution in [0.3, 0.4) is 0 Å². The van der Waals surface area contributed by atoms with Crippen molar-refractivity contribution in [3.8, 4) is 16.9 Å². The fourth-order valence-corrected chi connectivity index (χ4v) is 2.16. The second kappa shape index (κ2) is 7.12. The molecule has 0 saturated carbocycles. The van der Waals surface area contributed by atoms with Crippen LogP contribution in [0.4, 0.5) is 10.5 Å². The number of amides is 1. The standard InChI is InChI=1S/C18H20N2O4/c1-18(2,3)24-17(22)20-13-5-6-15(16(9-13)23-4)14-7-8-19-10-12(14)11-21/h5-11H,1-4H3,(H,20,22). The highest BCUT2D eigenvalue weighted by Gasteiger charge is 2.17. The number of hydrogen-bond acceptors (Lipinski definition) is 5. The van der Waals surface area contributed by atoms with E-state index in [1.54, 1.807) is 51.2 Å². The molecule has 1 heterocycles. The van der Waals surface area contributed by atoms with Crippen LogP contribution in [-0.4, -0.2) is 30.1 Å². The topological polar surface area (TPSA) is 77.5 Å². The Bertz CT molecular complexity index is 751. The van der Waals surface area contributed by atoms with Crippen LogP contribution >= 0.6 is 0 Å². The van der Waals surface area contributed by atoms with Crippen molar-refractivity contribution in [2.24, 2.45) is 0 Å². The van der Waals surface area contributed by atoms with Crippen molar-refractivity contribution < 1.29 is 19.1 Å². The maximum atomic E-state index is 11.9. The van der Waals surface area contributed by atoms with Gasteiger partial charge in [0, 0.05) is 35.3 Å². The van der Waals surface area contributed by atoms with Crippen molar-refractivity contribution in [2.45, 2.75) is 26.4 Å². The molecule has 0 radical (unpaired) electrons. The lowest BCUT2D eigenvalue weighted by atomic mass is 10.0. The molecule has 0 bridgehead atoms. The number of methoxy groups -OCH3 is 1. The Labute approximate surface area is 140 Å². The monoisotopic (exact) mass is 328 g/mol. The minimum atomic E-state index is -0.579. The Kier molecular flexibility index (Phi) is 5.18. The maximum Gasteiger partial charge on any atom is 0.412 e. The van der Waals surface area contributed by atoms with Crippen LogP contribution < -0.4 is 10.1 Å². The van der Waals surface area contributed by atoms with Crippen molar-refractivity contribution in [3.63, 3.8) is 0 Å². The second-order valence-corrected chi connectivity index (χ2v) is 6.12. The van der Waals surface area contributed by atoms with Gasteiger partial charge in [0.05, 0.1) is 7.11 Å². The summed E-state index contributed by atoms with van der Waals surface area (Å²) >= 11 is 0. The Balaban J connectivity index is 2.31. The van der Waals surface area contributed by atoms with Gasteiger partial charge in [0.15, 0.2) is 6.29 Å². The molecule has 6 heteroatoms. The van der Waals surface area contributed by atoms with Gasteiger partial charge in [-0.2, -0.15) is 0 Å². The van der Waals surface area contributed by atoms with Crippen molar-refractivity contribution >= 4 is 18.1 Å².